The quantitative estimate of drug-likeness (QED) is 0.299. The fourth-order valence-corrected chi connectivity index (χ4v) is 7.26. The van der Waals surface area contributed by atoms with Gasteiger partial charge in [0.15, 0.2) is 5.71 Å². The Morgan fingerprint density at radius 2 is 1.69 bits per heavy atom. The number of benzene rings is 2. The zero-order valence-corrected chi connectivity index (χ0v) is 26.5. The van der Waals surface area contributed by atoms with Gasteiger partial charge in [-0.15, -0.1) is 0 Å². The number of hydrogen-bond donors (Lipinski definition) is 1. The highest BCUT2D eigenvalue weighted by Crippen LogP contribution is 2.48. The van der Waals surface area contributed by atoms with Gasteiger partial charge >= 0.3 is 5.97 Å². The summed E-state index contributed by atoms with van der Waals surface area (Å²) in [7, 11) is 0. The Morgan fingerprint density at radius 1 is 0.976 bits per heavy atom. The molecule has 0 saturated heterocycles. The Morgan fingerprint density at radius 3 is 2.43 bits per heavy atom. The van der Waals surface area contributed by atoms with Gasteiger partial charge in [0.05, 0.1) is 5.41 Å². The van der Waals surface area contributed by atoms with Crippen LogP contribution in [0.5, 0.6) is 0 Å². The molecular weight excluding hydrogens is 540 g/mol. The number of para-hydroxylation sites is 2. The van der Waals surface area contributed by atoms with E-state index in [1.807, 2.05) is 0 Å². The van der Waals surface area contributed by atoms with Gasteiger partial charge in [0.25, 0.3) is 0 Å². The van der Waals surface area contributed by atoms with Crippen LogP contribution in [-0.4, -0.2) is 34.5 Å². The van der Waals surface area contributed by atoms with Crippen LogP contribution in [0.4, 0.5) is 11.4 Å². The van der Waals surface area contributed by atoms with Gasteiger partial charge in [0.2, 0.25) is 5.69 Å². The van der Waals surface area contributed by atoms with Crippen LogP contribution in [0.15, 0.2) is 94.7 Å². The van der Waals surface area contributed by atoms with Crippen LogP contribution in [0.3, 0.4) is 0 Å². The van der Waals surface area contributed by atoms with Crippen molar-refractivity contribution in [3.05, 3.63) is 106 Å². The monoisotopic (exact) mass is 583 g/mol. The number of halogens is 1. The lowest BCUT2D eigenvalue weighted by atomic mass is 9.81. The van der Waals surface area contributed by atoms with Crippen molar-refractivity contribution in [3.8, 4) is 0 Å². The second-order valence-electron chi connectivity index (χ2n) is 12.7. The third kappa shape index (κ3) is 5.54. The van der Waals surface area contributed by atoms with Crippen molar-refractivity contribution < 1.29 is 14.5 Å². The molecule has 42 heavy (non-hydrogen) atoms. The Kier molecular flexibility index (Phi) is 8.66. The van der Waals surface area contributed by atoms with Crippen LogP contribution >= 0.6 is 11.6 Å². The van der Waals surface area contributed by atoms with Gasteiger partial charge in [0, 0.05) is 58.9 Å². The number of carboxylic acid groups (broad SMARTS) is 1. The summed E-state index contributed by atoms with van der Waals surface area (Å²) < 4.78 is 2.48. The fraction of sp³-hybridized carbons (Fsp3) is 0.405. The van der Waals surface area contributed by atoms with Crippen molar-refractivity contribution in [1.29, 1.82) is 0 Å². The average molecular weight is 584 g/mol. The molecule has 0 saturated carbocycles. The molecule has 0 aromatic heterocycles. The first-order valence-electron chi connectivity index (χ1n) is 15.4. The molecule has 2 aliphatic heterocycles. The molecule has 2 aromatic rings. The van der Waals surface area contributed by atoms with Crippen LogP contribution in [0, 0.1) is 0 Å². The second kappa shape index (κ2) is 12.1. The molecule has 0 unspecified atom stereocenters. The highest BCUT2D eigenvalue weighted by molar-refractivity contribution is 6.32. The number of hydrogen-bond acceptors (Lipinski definition) is 2. The summed E-state index contributed by atoms with van der Waals surface area (Å²) in [5.74, 6) is -0.755. The average Bonchev–Trinajstić information content (AvgIpc) is 3.31. The topological polar surface area (TPSA) is 43.5 Å². The van der Waals surface area contributed by atoms with E-state index in [4.69, 9.17) is 11.6 Å². The molecule has 0 radical (unpaired) electrons. The predicted molar refractivity (Wildman–Crippen MR) is 175 cm³/mol. The van der Waals surface area contributed by atoms with E-state index < -0.39 is 5.97 Å². The Bertz CT molecular complexity index is 1540. The minimum Gasteiger partial charge on any atom is -0.481 e. The standard InChI is InChI=1S/C37H43ClN2O2/c1-6-24-39-30-17-9-7-15-28(30)36(2,3)32(39)22-20-26-13-11-14-27(35(26)38)21-23-33-37(4,5)29-16-8-10-18-31(29)40(33)25-12-19-34(41)42/h7-10,15-18,20-23H,6,11-14,19,24-25H2,1-5H3/p+1. The normalized spacial score (nSPS) is 21.1. The van der Waals surface area contributed by atoms with E-state index in [9.17, 15) is 9.90 Å². The maximum atomic E-state index is 11.2. The van der Waals surface area contributed by atoms with Crippen molar-refractivity contribution >= 4 is 34.7 Å². The number of anilines is 1. The summed E-state index contributed by atoms with van der Waals surface area (Å²) in [5.41, 5.74) is 9.73. The maximum Gasteiger partial charge on any atom is 0.303 e. The van der Waals surface area contributed by atoms with Gasteiger partial charge < -0.3 is 10.0 Å². The summed E-state index contributed by atoms with van der Waals surface area (Å²) in [6.45, 7) is 13.0. The molecule has 0 bridgehead atoms. The summed E-state index contributed by atoms with van der Waals surface area (Å²) in [6.07, 6.45) is 13.8. The second-order valence-corrected chi connectivity index (χ2v) is 13.1. The largest absolute Gasteiger partial charge is 0.481 e. The van der Waals surface area contributed by atoms with Gasteiger partial charge in [-0.1, -0.05) is 80.9 Å². The third-order valence-corrected chi connectivity index (χ3v) is 9.64. The van der Waals surface area contributed by atoms with E-state index in [-0.39, 0.29) is 17.3 Å². The first kappa shape index (κ1) is 30.1. The van der Waals surface area contributed by atoms with Gasteiger partial charge in [-0.2, -0.15) is 4.58 Å². The summed E-state index contributed by atoms with van der Waals surface area (Å²) >= 11 is 7.12. The summed E-state index contributed by atoms with van der Waals surface area (Å²) in [5, 5.41) is 10.1. The van der Waals surface area contributed by atoms with Gasteiger partial charge in [-0.25, -0.2) is 0 Å². The summed E-state index contributed by atoms with van der Waals surface area (Å²) in [6, 6.07) is 17.2. The van der Waals surface area contributed by atoms with Crippen molar-refractivity contribution in [3.63, 3.8) is 0 Å². The first-order chi connectivity index (χ1) is 20.1. The first-order valence-corrected chi connectivity index (χ1v) is 15.8. The van der Waals surface area contributed by atoms with Gasteiger partial charge in [0.1, 0.15) is 6.54 Å². The van der Waals surface area contributed by atoms with Crippen LogP contribution in [0.2, 0.25) is 0 Å². The number of carbonyl (C=O) groups is 1. The van der Waals surface area contributed by atoms with E-state index in [2.05, 4.69) is 117 Å². The number of rotatable bonds is 9. The molecule has 0 fully saturated rings. The molecule has 3 aliphatic rings. The Balaban J connectivity index is 1.47. The lowest BCUT2D eigenvalue weighted by molar-refractivity contribution is -0.437. The fourth-order valence-electron chi connectivity index (χ4n) is 6.94. The molecule has 1 N–H and O–H groups in total. The van der Waals surface area contributed by atoms with E-state index in [1.165, 1.54) is 39.5 Å². The molecule has 1 aliphatic carbocycles. The van der Waals surface area contributed by atoms with Crippen molar-refractivity contribution in [2.24, 2.45) is 0 Å². The van der Waals surface area contributed by atoms with Crippen molar-refractivity contribution in [2.45, 2.75) is 84.0 Å². The van der Waals surface area contributed by atoms with Gasteiger partial charge in [-0.3, -0.25) is 4.79 Å². The minimum absolute atomic E-state index is 0.0692. The highest BCUT2D eigenvalue weighted by atomic mass is 35.5. The number of allylic oxidation sites excluding steroid dienone is 8. The zero-order valence-electron chi connectivity index (χ0n) is 25.7. The lowest BCUT2D eigenvalue weighted by Gasteiger charge is -2.27. The van der Waals surface area contributed by atoms with E-state index >= 15 is 0 Å². The molecule has 0 atom stereocenters. The van der Waals surface area contributed by atoms with E-state index in [0.717, 1.165) is 42.8 Å². The number of carboxylic acids is 1. The van der Waals surface area contributed by atoms with Crippen LogP contribution in [0.25, 0.3) is 0 Å². The van der Waals surface area contributed by atoms with E-state index in [1.54, 1.807) is 0 Å². The summed E-state index contributed by atoms with van der Waals surface area (Å²) in [4.78, 5) is 13.5. The third-order valence-electron chi connectivity index (χ3n) is 9.16. The van der Waals surface area contributed by atoms with Crippen molar-refractivity contribution in [2.75, 3.05) is 18.0 Å². The molecule has 0 amide bonds. The minimum atomic E-state index is -0.755. The Hall–Kier alpha value is -3.37. The predicted octanol–water partition coefficient (Wildman–Crippen LogP) is 9.18. The van der Waals surface area contributed by atoms with Crippen LogP contribution < -0.4 is 4.90 Å². The molecule has 4 nitrogen and oxygen atoms in total. The molecule has 2 aromatic carbocycles. The molecule has 220 valence electrons. The molecule has 5 heteroatoms. The molecule has 0 spiro atoms. The molecular formula is C37H44ClN2O2+. The lowest BCUT2D eigenvalue weighted by Crippen LogP contribution is -2.27. The van der Waals surface area contributed by atoms with Crippen LogP contribution in [0.1, 0.15) is 84.3 Å². The number of aliphatic carboxylic acids is 1. The smallest absolute Gasteiger partial charge is 0.303 e. The SMILES string of the molecule is CCC[N+]1=C(/C=C/C2=C(Cl)C(=C/C=C3/N(CCCC(=O)O)c4ccccc4C3(C)C)/CCC2)C(C)(C)c2ccccc21. The number of nitrogens with zero attached hydrogens (tertiary/aromatic N) is 2. The molecule has 2 heterocycles. The Labute approximate surface area is 256 Å². The highest BCUT2D eigenvalue weighted by Gasteiger charge is 2.44. The van der Waals surface area contributed by atoms with Gasteiger partial charge in [-0.05, 0) is 68.4 Å². The van der Waals surface area contributed by atoms with E-state index in [0.29, 0.717) is 13.0 Å². The van der Waals surface area contributed by atoms with Crippen molar-refractivity contribution in [1.82, 2.24) is 0 Å². The number of fused-ring (bicyclic) bond motifs is 2. The van der Waals surface area contributed by atoms with Crippen LogP contribution in [-0.2, 0) is 15.6 Å². The zero-order chi connectivity index (χ0) is 30.1. The maximum absolute atomic E-state index is 11.2. The molecule has 5 rings (SSSR count).